The highest BCUT2D eigenvalue weighted by Gasteiger charge is 2.28. The minimum atomic E-state index is -0.591. The predicted molar refractivity (Wildman–Crippen MR) is 131 cm³/mol. The number of anilines is 2. The number of carbonyl (C=O) groups excluding carboxylic acids is 2. The molecule has 10 heteroatoms. The second-order valence-electron chi connectivity index (χ2n) is 7.18. The van der Waals surface area contributed by atoms with Gasteiger partial charge in [0.1, 0.15) is 5.75 Å². The van der Waals surface area contributed by atoms with Crippen LogP contribution in [0.5, 0.6) is 5.75 Å². The molecule has 33 heavy (non-hydrogen) atoms. The number of nitrogens with zero attached hydrogens (tertiary/aromatic N) is 2. The number of amides is 2. The Balaban J connectivity index is 1.18. The van der Waals surface area contributed by atoms with Crippen LogP contribution in [-0.4, -0.2) is 28.1 Å². The van der Waals surface area contributed by atoms with Crippen LogP contribution in [-0.2, 0) is 17.0 Å². The molecule has 5 rings (SSSR count). The standard InChI is InChI=1S/C23H18N4O3S3/c28-20(25-22-26-27-23(33-22)32-13-17-8-4-10-31-17)15-6-3-7-16(11-15)24-21(29)19-12-14-5-1-2-9-18(14)30-19/h1-11,19H,12-13H2,(H,24,29)(H,25,26,28). The summed E-state index contributed by atoms with van der Waals surface area (Å²) in [6, 6.07) is 18.5. The lowest BCUT2D eigenvalue weighted by molar-refractivity contribution is -0.122. The summed E-state index contributed by atoms with van der Waals surface area (Å²) < 4.78 is 6.53. The molecule has 0 spiro atoms. The number of fused-ring (bicyclic) bond motifs is 1. The van der Waals surface area contributed by atoms with E-state index in [1.54, 1.807) is 47.4 Å². The zero-order chi connectivity index (χ0) is 22.6. The van der Waals surface area contributed by atoms with Gasteiger partial charge in [0.15, 0.2) is 10.4 Å². The number of rotatable bonds is 7. The molecule has 1 aliphatic heterocycles. The lowest BCUT2D eigenvalue weighted by Gasteiger charge is -2.12. The molecule has 2 aromatic heterocycles. The van der Waals surface area contributed by atoms with E-state index in [0.717, 1.165) is 21.4 Å². The number of thiophene rings is 1. The van der Waals surface area contributed by atoms with Crippen molar-refractivity contribution in [1.82, 2.24) is 10.2 Å². The van der Waals surface area contributed by atoms with Crippen LogP contribution in [0.4, 0.5) is 10.8 Å². The monoisotopic (exact) mass is 494 g/mol. The van der Waals surface area contributed by atoms with Crippen molar-refractivity contribution in [3.63, 3.8) is 0 Å². The van der Waals surface area contributed by atoms with E-state index in [2.05, 4.69) is 26.9 Å². The molecule has 0 fully saturated rings. The van der Waals surface area contributed by atoms with Crippen LogP contribution in [0.25, 0.3) is 0 Å². The normalized spacial score (nSPS) is 14.4. The molecule has 2 aromatic carbocycles. The first kappa shape index (κ1) is 21.6. The Labute approximate surface area is 202 Å². The first-order chi connectivity index (χ1) is 16.1. The summed E-state index contributed by atoms with van der Waals surface area (Å²) in [6.07, 6.45) is -0.0714. The average Bonchev–Trinajstić information content (AvgIpc) is 3.58. The quantitative estimate of drug-likeness (QED) is 0.275. The summed E-state index contributed by atoms with van der Waals surface area (Å²) >= 11 is 4.61. The first-order valence-corrected chi connectivity index (χ1v) is 12.8. The zero-order valence-electron chi connectivity index (χ0n) is 17.2. The molecule has 4 aromatic rings. The van der Waals surface area contributed by atoms with E-state index in [0.29, 0.717) is 22.8 Å². The van der Waals surface area contributed by atoms with Crippen LogP contribution in [0.2, 0.25) is 0 Å². The molecule has 2 amide bonds. The van der Waals surface area contributed by atoms with Gasteiger partial charge >= 0.3 is 0 Å². The van der Waals surface area contributed by atoms with Crippen molar-refractivity contribution >= 4 is 57.1 Å². The van der Waals surface area contributed by atoms with Gasteiger partial charge in [0.2, 0.25) is 5.13 Å². The fraction of sp³-hybridized carbons (Fsp3) is 0.130. The van der Waals surface area contributed by atoms with E-state index >= 15 is 0 Å². The molecule has 1 aliphatic rings. The summed E-state index contributed by atoms with van der Waals surface area (Å²) in [5.74, 6) is 0.982. The largest absolute Gasteiger partial charge is 0.480 e. The van der Waals surface area contributed by atoms with E-state index in [-0.39, 0.29) is 11.8 Å². The summed E-state index contributed by atoms with van der Waals surface area (Å²) in [6.45, 7) is 0. The Morgan fingerprint density at radius 2 is 1.97 bits per heavy atom. The minimum Gasteiger partial charge on any atom is -0.480 e. The summed E-state index contributed by atoms with van der Waals surface area (Å²) in [4.78, 5) is 26.6. The summed E-state index contributed by atoms with van der Waals surface area (Å²) in [7, 11) is 0. The van der Waals surface area contributed by atoms with Gasteiger partial charge in [0, 0.05) is 28.3 Å². The Kier molecular flexibility index (Phi) is 6.38. The smallest absolute Gasteiger partial charge is 0.265 e. The highest BCUT2D eigenvalue weighted by Crippen LogP contribution is 2.30. The molecule has 3 heterocycles. The molecule has 0 radical (unpaired) electrons. The van der Waals surface area contributed by atoms with Crippen LogP contribution < -0.4 is 15.4 Å². The molecule has 7 nitrogen and oxygen atoms in total. The number of carbonyl (C=O) groups is 2. The van der Waals surface area contributed by atoms with Gasteiger partial charge in [-0.2, -0.15) is 0 Å². The minimum absolute atomic E-state index is 0.250. The zero-order valence-corrected chi connectivity index (χ0v) is 19.6. The topological polar surface area (TPSA) is 93.2 Å². The Bertz CT molecular complexity index is 1260. The fourth-order valence-corrected chi connectivity index (χ4v) is 5.82. The average molecular weight is 495 g/mol. The van der Waals surface area contributed by atoms with E-state index < -0.39 is 6.10 Å². The number of aromatic nitrogens is 2. The van der Waals surface area contributed by atoms with Gasteiger partial charge in [-0.1, -0.05) is 53.4 Å². The SMILES string of the molecule is O=C(Nc1nnc(SCc2cccs2)s1)c1cccc(NC(=O)C2Cc3ccccc3O2)c1. The van der Waals surface area contributed by atoms with Gasteiger partial charge in [0.05, 0.1) is 0 Å². The van der Waals surface area contributed by atoms with Gasteiger partial charge in [-0.25, -0.2) is 0 Å². The molecule has 0 bridgehead atoms. The van der Waals surface area contributed by atoms with E-state index in [1.807, 2.05) is 35.7 Å². The maximum Gasteiger partial charge on any atom is 0.265 e. The number of benzene rings is 2. The third kappa shape index (κ3) is 5.24. The molecule has 0 saturated carbocycles. The molecule has 166 valence electrons. The van der Waals surface area contributed by atoms with Crippen molar-refractivity contribution in [1.29, 1.82) is 0 Å². The third-order valence-electron chi connectivity index (χ3n) is 4.88. The molecule has 1 unspecified atom stereocenters. The van der Waals surface area contributed by atoms with E-state index in [1.165, 1.54) is 16.2 Å². The number of hydrogen-bond donors (Lipinski definition) is 2. The van der Waals surface area contributed by atoms with Crippen molar-refractivity contribution in [2.24, 2.45) is 0 Å². The Morgan fingerprint density at radius 3 is 2.82 bits per heavy atom. The summed E-state index contributed by atoms with van der Waals surface area (Å²) in [5, 5.41) is 16.3. The summed E-state index contributed by atoms with van der Waals surface area (Å²) in [5.41, 5.74) is 1.94. The number of hydrogen-bond acceptors (Lipinski definition) is 8. The number of ether oxygens (including phenoxy) is 1. The molecule has 0 aliphatic carbocycles. The second-order valence-corrected chi connectivity index (χ2v) is 10.4. The Hall–Kier alpha value is -3.21. The molecule has 2 N–H and O–H groups in total. The van der Waals surface area contributed by atoms with Crippen LogP contribution in [0.15, 0.2) is 70.4 Å². The van der Waals surface area contributed by atoms with Crippen LogP contribution in [0.3, 0.4) is 0 Å². The molecule has 1 atom stereocenters. The van der Waals surface area contributed by atoms with Crippen molar-refractivity contribution < 1.29 is 14.3 Å². The highest BCUT2D eigenvalue weighted by molar-refractivity contribution is 8.00. The van der Waals surface area contributed by atoms with Gasteiger partial charge in [-0.15, -0.1) is 21.5 Å². The molecular weight excluding hydrogens is 476 g/mol. The number of nitrogens with one attached hydrogen (secondary N) is 2. The molecule has 0 saturated heterocycles. The maximum absolute atomic E-state index is 12.7. The molecular formula is C23H18N4O3S3. The maximum atomic E-state index is 12.7. The van der Waals surface area contributed by atoms with Gasteiger partial charge in [0.25, 0.3) is 11.8 Å². The number of para-hydroxylation sites is 1. The third-order valence-corrected chi connectivity index (χ3v) is 7.96. The highest BCUT2D eigenvalue weighted by atomic mass is 32.2. The lowest BCUT2D eigenvalue weighted by Crippen LogP contribution is -2.31. The van der Waals surface area contributed by atoms with Crippen molar-refractivity contribution in [3.05, 3.63) is 82.0 Å². The van der Waals surface area contributed by atoms with Crippen molar-refractivity contribution in [2.45, 2.75) is 22.6 Å². The van der Waals surface area contributed by atoms with Gasteiger partial charge < -0.3 is 10.1 Å². The van der Waals surface area contributed by atoms with Crippen molar-refractivity contribution in [2.75, 3.05) is 10.6 Å². The lowest BCUT2D eigenvalue weighted by atomic mass is 10.1. The van der Waals surface area contributed by atoms with Crippen LogP contribution >= 0.6 is 34.4 Å². The first-order valence-electron chi connectivity index (χ1n) is 10.1. The Morgan fingerprint density at radius 1 is 1.06 bits per heavy atom. The fourth-order valence-electron chi connectivity index (χ4n) is 3.30. The van der Waals surface area contributed by atoms with Gasteiger partial charge in [-0.05, 0) is 41.3 Å². The number of thioether (sulfide) groups is 1. The second kappa shape index (κ2) is 9.74. The van der Waals surface area contributed by atoms with Gasteiger partial charge in [-0.3, -0.25) is 14.9 Å². The van der Waals surface area contributed by atoms with Crippen molar-refractivity contribution in [3.8, 4) is 5.75 Å². The van der Waals surface area contributed by atoms with Crippen LogP contribution in [0, 0.1) is 0 Å². The van der Waals surface area contributed by atoms with E-state index in [4.69, 9.17) is 4.74 Å². The van der Waals surface area contributed by atoms with Crippen LogP contribution in [0.1, 0.15) is 20.8 Å². The predicted octanol–water partition coefficient (Wildman–Crippen LogP) is 5.09. The van der Waals surface area contributed by atoms with E-state index in [9.17, 15) is 9.59 Å².